The van der Waals surface area contributed by atoms with Gasteiger partial charge in [-0.2, -0.15) is 0 Å². The topological polar surface area (TPSA) is 30.2 Å². The van der Waals surface area contributed by atoms with Crippen LogP contribution in [0.3, 0.4) is 0 Å². The molecule has 0 spiro atoms. The van der Waals surface area contributed by atoms with E-state index in [1.165, 1.54) is 52.8 Å². The summed E-state index contributed by atoms with van der Waals surface area (Å²) >= 11 is 1.87. The molecule has 9 rings (SSSR count). The van der Waals surface area contributed by atoms with Gasteiger partial charge in [0.05, 0.1) is 22.1 Å². The Bertz CT molecular complexity index is 2290. The number of thiophene rings is 1. The minimum absolute atomic E-state index is 0.933. The first-order chi connectivity index (χ1) is 16.9. The first-order valence-corrected chi connectivity index (χ1v) is 12.3. The van der Waals surface area contributed by atoms with Crippen molar-refractivity contribution in [1.29, 1.82) is 0 Å². The fourth-order valence-electron chi connectivity index (χ4n) is 5.90. The van der Waals surface area contributed by atoms with E-state index in [0.29, 0.717) is 0 Å². The van der Waals surface area contributed by atoms with Crippen molar-refractivity contribution in [3.63, 3.8) is 0 Å². The second-order valence-corrected chi connectivity index (χ2v) is 10.1. The van der Waals surface area contributed by atoms with Crippen LogP contribution < -0.4 is 0 Å². The highest BCUT2D eigenvalue weighted by atomic mass is 32.1. The minimum Gasteiger partial charge on any atom is -0.291 e. The Hall–Kier alpha value is -4.28. The lowest BCUT2D eigenvalue weighted by Gasteiger charge is -2.04. The van der Waals surface area contributed by atoms with Crippen molar-refractivity contribution in [3.05, 3.63) is 91.0 Å². The lowest BCUT2D eigenvalue weighted by molar-refractivity contribution is 1.28. The first kappa shape index (κ1) is 17.2. The predicted octanol–water partition coefficient (Wildman–Crippen LogP) is 8.30. The Labute approximate surface area is 196 Å². The molecular weight excluding hydrogens is 434 g/mol. The van der Waals surface area contributed by atoms with Gasteiger partial charge in [0, 0.05) is 41.7 Å². The lowest BCUT2D eigenvalue weighted by Crippen LogP contribution is -1.90. The molecule has 4 heterocycles. The number of nitrogens with zero attached hydrogens (tertiary/aromatic N) is 3. The van der Waals surface area contributed by atoms with E-state index in [2.05, 4.69) is 95.4 Å². The van der Waals surface area contributed by atoms with Gasteiger partial charge in [0.1, 0.15) is 5.52 Å². The summed E-state index contributed by atoms with van der Waals surface area (Å²) in [4.78, 5) is 10.4. The molecule has 0 fully saturated rings. The van der Waals surface area contributed by atoms with Gasteiger partial charge < -0.3 is 0 Å². The monoisotopic (exact) mass is 449 g/mol. The molecule has 3 nitrogen and oxygen atoms in total. The number of hydrogen-bond acceptors (Lipinski definition) is 3. The maximum absolute atomic E-state index is 5.22. The molecule has 0 bridgehead atoms. The van der Waals surface area contributed by atoms with E-state index in [0.717, 1.165) is 27.6 Å². The maximum Gasteiger partial charge on any atom is 0.165 e. The van der Waals surface area contributed by atoms with Gasteiger partial charge in [-0.25, -0.2) is 9.97 Å². The Balaban J connectivity index is 1.57. The quantitative estimate of drug-likeness (QED) is 0.218. The number of benzene rings is 5. The number of para-hydroxylation sites is 1. The van der Waals surface area contributed by atoms with Gasteiger partial charge in [-0.1, -0.05) is 66.7 Å². The third-order valence-electron chi connectivity index (χ3n) is 7.30. The number of rotatable bonds is 0. The van der Waals surface area contributed by atoms with Crippen LogP contribution in [0.15, 0.2) is 91.0 Å². The first-order valence-electron chi connectivity index (χ1n) is 11.4. The molecule has 4 aromatic heterocycles. The molecule has 0 radical (unpaired) electrons. The van der Waals surface area contributed by atoms with Crippen LogP contribution >= 0.6 is 11.3 Å². The summed E-state index contributed by atoms with van der Waals surface area (Å²) in [5.41, 5.74) is 6.23. The molecule has 0 saturated heterocycles. The molecule has 0 amide bonds. The van der Waals surface area contributed by atoms with Crippen molar-refractivity contribution in [1.82, 2.24) is 14.4 Å². The summed E-state index contributed by atoms with van der Waals surface area (Å²) in [6, 6.07) is 32.5. The Morgan fingerprint density at radius 1 is 0.559 bits per heavy atom. The summed E-state index contributed by atoms with van der Waals surface area (Å²) in [7, 11) is 0. The highest BCUT2D eigenvalue weighted by molar-refractivity contribution is 7.26. The van der Waals surface area contributed by atoms with Crippen molar-refractivity contribution < 1.29 is 0 Å². The molecule has 0 aliphatic carbocycles. The molecule has 34 heavy (non-hydrogen) atoms. The van der Waals surface area contributed by atoms with Gasteiger partial charge in [-0.3, -0.25) is 4.40 Å². The molecule has 156 valence electrons. The molecular formula is C30H15N3S. The maximum atomic E-state index is 5.22. The van der Waals surface area contributed by atoms with E-state index in [9.17, 15) is 0 Å². The van der Waals surface area contributed by atoms with Crippen molar-refractivity contribution in [2.45, 2.75) is 0 Å². The van der Waals surface area contributed by atoms with E-state index in [1.54, 1.807) is 0 Å². The minimum atomic E-state index is 0.933. The number of hydrogen-bond donors (Lipinski definition) is 0. The fourth-order valence-corrected chi connectivity index (χ4v) is 7.01. The summed E-state index contributed by atoms with van der Waals surface area (Å²) in [5.74, 6) is 0. The van der Waals surface area contributed by atoms with Gasteiger partial charge in [0.15, 0.2) is 5.65 Å². The van der Waals surface area contributed by atoms with Gasteiger partial charge in [0.25, 0.3) is 0 Å². The molecule has 0 aliphatic rings. The standard InChI is InChI=1S/C30H15N3S/c1-2-7-17-16(6-1)12-13-21-27(17)32-28-20-10-5-9-19-25-22(33(29(19)20)30(28)31-21)14-15-24-26(25)18-8-3-4-11-23(18)34-24/h1-15H. The Morgan fingerprint density at radius 2 is 1.38 bits per heavy atom. The average Bonchev–Trinajstić information content (AvgIpc) is 3.53. The molecule has 0 atom stereocenters. The third kappa shape index (κ3) is 1.91. The van der Waals surface area contributed by atoms with E-state index >= 15 is 0 Å². The van der Waals surface area contributed by atoms with E-state index in [4.69, 9.17) is 9.97 Å². The van der Waals surface area contributed by atoms with E-state index < -0.39 is 0 Å². The van der Waals surface area contributed by atoms with E-state index in [1.807, 2.05) is 11.3 Å². The van der Waals surface area contributed by atoms with Gasteiger partial charge in [0.2, 0.25) is 0 Å². The van der Waals surface area contributed by atoms with Gasteiger partial charge in [-0.15, -0.1) is 11.3 Å². The molecule has 5 aromatic carbocycles. The zero-order chi connectivity index (χ0) is 22.0. The van der Waals surface area contributed by atoms with Crippen molar-refractivity contribution in [2.24, 2.45) is 0 Å². The molecule has 4 heteroatoms. The van der Waals surface area contributed by atoms with Gasteiger partial charge >= 0.3 is 0 Å². The summed E-state index contributed by atoms with van der Waals surface area (Å²) in [6.45, 7) is 0. The summed E-state index contributed by atoms with van der Waals surface area (Å²) < 4.78 is 5.00. The molecule has 0 N–H and O–H groups in total. The van der Waals surface area contributed by atoms with Gasteiger partial charge in [-0.05, 0) is 29.7 Å². The molecule has 9 aromatic rings. The number of aromatic nitrogens is 3. The van der Waals surface area contributed by atoms with Crippen molar-refractivity contribution in [2.75, 3.05) is 0 Å². The van der Waals surface area contributed by atoms with Crippen LogP contribution in [-0.2, 0) is 0 Å². The average molecular weight is 450 g/mol. The largest absolute Gasteiger partial charge is 0.291 e. The second-order valence-electron chi connectivity index (χ2n) is 9.02. The predicted molar refractivity (Wildman–Crippen MR) is 145 cm³/mol. The molecule has 0 aliphatic heterocycles. The van der Waals surface area contributed by atoms with Crippen LogP contribution in [0.1, 0.15) is 0 Å². The summed E-state index contributed by atoms with van der Waals surface area (Å²) in [6.07, 6.45) is 0. The van der Waals surface area contributed by atoms with Crippen LogP contribution in [0.25, 0.3) is 80.3 Å². The van der Waals surface area contributed by atoms with Crippen LogP contribution in [0.4, 0.5) is 0 Å². The normalized spacial score (nSPS) is 12.7. The molecule has 0 saturated carbocycles. The molecule has 0 unspecified atom stereocenters. The van der Waals surface area contributed by atoms with Crippen LogP contribution in [0.5, 0.6) is 0 Å². The zero-order valence-electron chi connectivity index (χ0n) is 17.9. The SMILES string of the molecule is c1ccc2c(c1)ccc1nc3c(nc12)c1cccc2c4c5c(ccc4n3c12)sc1ccccc15. The fraction of sp³-hybridized carbons (Fsp3) is 0. The summed E-state index contributed by atoms with van der Waals surface area (Å²) in [5, 5.41) is 8.77. The van der Waals surface area contributed by atoms with Crippen LogP contribution in [0.2, 0.25) is 0 Å². The van der Waals surface area contributed by atoms with Crippen LogP contribution in [-0.4, -0.2) is 14.4 Å². The van der Waals surface area contributed by atoms with Crippen molar-refractivity contribution in [3.8, 4) is 0 Å². The van der Waals surface area contributed by atoms with E-state index in [-0.39, 0.29) is 0 Å². The highest BCUT2D eigenvalue weighted by Gasteiger charge is 2.22. The number of fused-ring (bicyclic) bond motifs is 13. The van der Waals surface area contributed by atoms with Crippen LogP contribution in [0, 0.1) is 0 Å². The second kappa shape index (κ2) is 5.79. The zero-order valence-corrected chi connectivity index (χ0v) is 18.7. The third-order valence-corrected chi connectivity index (χ3v) is 8.44. The van der Waals surface area contributed by atoms with Crippen molar-refractivity contribution >= 4 is 91.7 Å². The lowest BCUT2D eigenvalue weighted by atomic mass is 10.0. The highest BCUT2D eigenvalue weighted by Crippen LogP contribution is 2.45. The Kier molecular flexibility index (Phi) is 2.94. The Morgan fingerprint density at radius 3 is 2.35 bits per heavy atom. The smallest absolute Gasteiger partial charge is 0.165 e.